The Bertz CT molecular complexity index is 314. The van der Waals surface area contributed by atoms with Crippen LogP contribution in [0.25, 0.3) is 0 Å². The zero-order valence-corrected chi connectivity index (χ0v) is 12.4. The molecule has 1 aliphatic rings. The fourth-order valence-electron chi connectivity index (χ4n) is 2.38. The first kappa shape index (κ1) is 16.8. The molecule has 0 aliphatic carbocycles. The number of carbonyl (C=O) groups is 2. The number of rotatable bonds is 7. The second-order valence-corrected chi connectivity index (χ2v) is 5.50. The van der Waals surface area contributed by atoms with E-state index in [-0.39, 0.29) is 11.9 Å². The highest BCUT2D eigenvalue weighted by Crippen LogP contribution is 2.17. The SMILES string of the molecule is COCC1CCN(C(=O)NCCCC(C)C(=O)O)CC1. The Morgan fingerprint density at radius 1 is 1.40 bits per heavy atom. The van der Waals surface area contributed by atoms with Crippen molar-refractivity contribution in [3.63, 3.8) is 0 Å². The Morgan fingerprint density at radius 3 is 2.60 bits per heavy atom. The maximum atomic E-state index is 11.9. The highest BCUT2D eigenvalue weighted by Gasteiger charge is 2.22. The third-order valence-corrected chi connectivity index (χ3v) is 3.82. The molecule has 6 nitrogen and oxygen atoms in total. The smallest absolute Gasteiger partial charge is 0.317 e. The molecule has 2 N–H and O–H groups in total. The number of carbonyl (C=O) groups excluding carboxylic acids is 1. The topological polar surface area (TPSA) is 78.9 Å². The standard InChI is InChI=1S/C14H26N2O4/c1-11(13(17)18)4-3-7-15-14(19)16-8-5-12(6-9-16)10-20-2/h11-12H,3-10H2,1-2H3,(H,15,19)(H,17,18). The molecule has 1 aliphatic heterocycles. The second kappa shape index (κ2) is 8.79. The molecule has 1 atom stereocenters. The van der Waals surface area contributed by atoms with E-state index in [9.17, 15) is 9.59 Å². The van der Waals surface area contributed by atoms with E-state index in [0.717, 1.165) is 32.5 Å². The summed E-state index contributed by atoms with van der Waals surface area (Å²) in [6, 6.07) is -0.0381. The molecular formula is C14H26N2O4. The van der Waals surface area contributed by atoms with Gasteiger partial charge >= 0.3 is 12.0 Å². The molecule has 20 heavy (non-hydrogen) atoms. The molecule has 0 bridgehead atoms. The summed E-state index contributed by atoms with van der Waals surface area (Å²) >= 11 is 0. The number of urea groups is 1. The number of likely N-dealkylation sites (tertiary alicyclic amines) is 1. The van der Waals surface area contributed by atoms with Gasteiger partial charge in [0.1, 0.15) is 0 Å². The lowest BCUT2D eigenvalue weighted by molar-refractivity contribution is -0.141. The summed E-state index contributed by atoms with van der Waals surface area (Å²) in [6.45, 7) is 4.53. The van der Waals surface area contributed by atoms with Crippen molar-refractivity contribution in [3.05, 3.63) is 0 Å². The van der Waals surface area contributed by atoms with Crippen LogP contribution in [0.1, 0.15) is 32.6 Å². The fourth-order valence-corrected chi connectivity index (χ4v) is 2.38. The number of aliphatic carboxylic acids is 1. The number of hydrogen-bond donors (Lipinski definition) is 2. The minimum Gasteiger partial charge on any atom is -0.481 e. The number of piperidine rings is 1. The van der Waals surface area contributed by atoms with Gasteiger partial charge in [0, 0.05) is 33.4 Å². The lowest BCUT2D eigenvalue weighted by Gasteiger charge is -2.31. The molecule has 0 aromatic heterocycles. The summed E-state index contributed by atoms with van der Waals surface area (Å²) in [4.78, 5) is 24.4. The van der Waals surface area contributed by atoms with Crippen LogP contribution in [0.2, 0.25) is 0 Å². The Kier molecular flexibility index (Phi) is 7.36. The van der Waals surface area contributed by atoms with Gasteiger partial charge in [-0.05, 0) is 31.6 Å². The fraction of sp³-hybridized carbons (Fsp3) is 0.857. The Morgan fingerprint density at radius 2 is 2.05 bits per heavy atom. The minimum absolute atomic E-state index is 0.0381. The Labute approximate surface area is 120 Å². The monoisotopic (exact) mass is 286 g/mol. The van der Waals surface area contributed by atoms with Crippen molar-refractivity contribution in [2.75, 3.05) is 33.4 Å². The van der Waals surface area contributed by atoms with Gasteiger partial charge in [0.05, 0.1) is 5.92 Å². The number of nitrogens with one attached hydrogen (secondary N) is 1. The van der Waals surface area contributed by atoms with Crippen LogP contribution in [-0.4, -0.2) is 55.4 Å². The highest BCUT2D eigenvalue weighted by atomic mass is 16.5. The van der Waals surface area contributed by atoms with Crippen LogP contribution in [0.5, 0.6) is 0 Å². The van der Waals surface area contributed by atoms with Crippen molar-refractivity contribution in [1.29, 1.82) is 0 Å². The van der Waals surface area contributed by atoms with Crippen molar-refractivity contribution in [1.82, 2.24) is 10.2 Å². The molecule has 2 amide bonds. The van der Waals surface area contributed by atoms with E-state index in [1.165, 1.54) is 0 Å². The van der Waals surface area contributed by atoms with Gasteiger partial charge in [0.2, 0.25) is 0 Å². The van der Waals surface area contributed by atoms with Gasteiger partial charge in [-0.25, -0.2) is 4.79 Å². The van der Waals surface area contributed by atoms with Crippen LogP contribution < -0.4 is 5.32 Å². The number of carboxylic acid groups (broad SMARTS) is 1. The molecule has 6 heteroatoms. The van der Waals surface area contributed by atoms with E-state index >= 15 is 0 Å². The molecule has 0 radical (unpaired) electrons. The average Bonchev–Trinajstić information content (AvgIpc) is 2.44. The first-order valence-electron chi connectivity index (χ1n) is 7.29. The lowest BCUT2D eigenvalue weighted by Crippen LogP contribution is -2.45. The largest absolute Gasteiger partial charge is 0.481 e. The predicted octanol–water partition coefficient (Wildman–Crippen LogP) is 1.56. The third kappa shape index (κ3) is 5.77. The van der Waals surface area contributed by atoms with Gasteiger partial charge in [-0.15, -0.1) is 0 Å². The summed E-state index contributed by atoms with van der Waals surface area (Å²) in [7, 11) is 1.71. The molecular weight excluding hydrogens is 260 g/mol. The molecule has 0 spiro atoms. The summed E-state index contributed by atoms with van der Waals surface area (Å²) in [5.74, 6) is -0.575. The van der Waals surface area contributed by atoms with Gasteiger partial charge in [-0.2, -0.15) is 0 Å². The van der Waals surface area contributed by atoms with Crippen LogP contribution >= 0.6 is 0 Å². The van der Waals surface area contributed by atoms with E-state index in [1.54, 1.807) is 14.0 Å². The summed E-state index contributed by atoms with van der Waals surface area (Å²) in [5.41, 5.74) is 0. The zero-order valence-electron chi connectivity index (χ0n) is 12.4. The van der Waals surface area contributed by atoms with E-state index in [1.807, 2.05) is 4.90 Å². The molecule has 1 heterocycles. The van der Waals surface area contributed by atoms with Crippen LogP contribution in [-0.2, 0) is 9.53 Å². The van der Waals surface area contributed by atoms with Gasteiger partial charge in [0.15, 0.2) is 0 Å². The van der Waals surface area contributed by atoms with E-state index in [0.29, 0.717) is 25.3 Å². The molecule has 1 saturated heterocycles. The number of hydrogen-bond acceptors (Lipinski definition) is 3. The van der Waals surface area contributed by atoms with Crippen LogP contribution in [0.15, 0.2) is 0 Å². The quantitative estimate of drug-likeness (QED) is 0.696. The van der Waals surface area contributed by atoms with Crippen molar-refractivity contribution in [2.45, 2.75) is 32.6 Å². The van der Waals surface area contributed by atoms with E-state index in [2.05, 4.69) is 5.32 Å². The predicted molar refractivity (Wildman–Crippen MR) is 75.6 cm³/mol. The van der Waals surface area contributed by atoms with E-state index < -0.39 is 5.97 Å². The number of carboxylic acids is 1. The Balaban J connectivity index is 2.13. The first-order valence-corrected chi connectivity index (χ1v) is 7.29. The molecule has 1 fully saturated rings. The van der Waals surface area contributed by atoms with Crippen LogP contribution in [0.4, 0.5) is 4.79 Å². The van der Waals surface area contributed by atoms with Gasteiger partial charge in [-0.3, -0.25) is 4.79 Å². The van der Waals surface area contributed by atoms with Gasteiger partial charge < -0.3 is 20.1 Å². The van der Waals surface area contributed by atoms with Crippen molar-refractivity contribution >= 4 is 12.0 Å². The third-order valence-electron chi connectivity index (χ3n) is 3.82. The molecule has 1 rings (SSSR count). The minimum atomic E-state index is -0.781. The Hall–Kier alpha value is -1.30. The number of ether oxygens (including phenoxy) is 1. The summed E-state index contributed by atoms with van der Waals surface area (Å²) in [6.07, 6.45) is 3.25. The number of methoxy groups -OCH3 is 1. The number of nitrogens with zero attached hydrogens (tertiary/aromatic N) is 1. The number of amides is 2. The van der Waals surface area contributed by atoms with Crippen molar-refractivity contribution in [3.8, 4) is 0 Å². The highest BCUT2D eigenvalue weighted by molar-refractivity contribution is 5.74. The summed E-state index contributed by atoms with van der Waals surface area (Å²) < 4.78 is 5.13. The van der Waals surface area contributed by atoms with Gasteiger partial charge in [-0.1, -0.05) is 6.92 Å². The van der Waals surface area contributed by atoms with Crippen LogP contribution in [0, 0.1) is 11.8 Å². The molecule has 0 saturated carbocycles. The van der Waals surface area contributed by atoms with Gasteiger partial charge in [0.25, 0.3) is 0 Å². The summed E-state index contributed by atoms with van der Waals surface area (Å²) in [5, 5.41) is 11.6. The van der Waals surface area contributed by atoms with E-state index in [4.69, 9.17) is 9.84 Å². The maximum Gasteiger partial charge on any atom is 0.317 e. The molecule has 116 valence electrons. The normalized spacial score (nSPS) is 17.8. The first-order chi connectivity index (χ1) is 9.54. The van der Waals surface area contributed by atoms with Crippen molar-refractivity contribution < 1.29 is 19.4 Å². The van der Waals surface area contributed by atoms with Crippen molar-refractivity contribution in [2.24, 2.45) is 11.8 Å². The lowest BCUT2D eigenvalue weighted by atomic mass is 9.98. The second-order valence-electron chi connectivity index (χ2n) is 5.50. The zero-order chi connectivity index (χ0) is 15.0. The molecule has 0 aromatic rings. The molecule has 1 unspecified atom stereocenters. The maximum absolute atomic E-state index is 11.9. The average molecular weight is 286 g/mol. The molecule has 0 aromatic carbocycles. The van der Waals surface area contributed by atoms with Crippen LogP contribution in [0.3, 0.4) is 0 Å².